The van der Waals surface area contributed by atoms with Gasteiger partial charge in [-0.3, -0.25) is 14.5 Å². The summed E-state index contributed by atoms with van der Waals surface area (Å²) in [6.45, 7) is 5.58. The number of nitrogens with one attached hydrogen (secondary N) is 3. The lowest BCUT2D eigenvalue weighted by Gasteiger charge is -2.44. The van der Waals surface area contributed by atoms with Crippen molar-refractivity contribution in [3.63, 3.8) is 0 Å². The van der Waals surface area contributed by atoms with Crippen LogP contribution in [-0.2, 0) is 4.79 Å². The van der Waals surface area contributed by atoms with Gasteiger partial charge >= 0.3 is 6.18 Å². The van der Waals surface area contributed by atoms with Crippen LogP contribution in [0.15, 0.2) is 40.9 Å². The van der Waals surface area contributed by atoms with Crippen LogP contribution < -0.4 is 20.9 Å². The monoisotopic (exact) mass is 592 g/mol. The number of amides is 2. The first-order valence-electron chi connectivity index (χ1n) is 13.5. The van der Waals surface area contributed by atoms with E-state index in [1.54, 1.807) is 0 Å². The third-order valence-corrected chi connectivity index (χ3v) is 8.64. The van der Waals surface area contributed by atoms with Gasteiger partial charge in [0, 0.05) is 61.5 Å². The Morgan fingerprint density at radius 2 is 1.85 bits per heavy atom. The molecule has 1 saturated heterocycles. The van der Waals surface area contributed by atoms with Crippen LogP contribution >= 0.6 is 11.3 Å². The van der Waals surface area contributed by atoms with Crippen molar-refractivity contribution in [2.45, 2.75) is 44.9 Å². The van der Waals surface area contributed by atoms with Gasteiger partial charge in [0.2, 0.25) is 0 Å². The second-order valence-electron chi connectivity index (χ2n) is 10.8. The number of aromatic nitrogens is 1. The first kappa shape index (κ1) is 29.1. The maximum Gasteiger partial charge on any atom is 0.416 e. The van der Waals surface area contributed by atoms with Crippen molar-refractivity contribution in [3.8, 4) is 10.6 Å². The summed E-state index contributed by atoms with van der Waals surface area (Å²) in [7, 11) is 1.99. The van der Waals surface area contributed by atoms with Crippen LogP contribution in [0.2, 0.25) is 0 Å². The molecule has 1 aromatic heterocycles. The second-order valence-corrected chi connectivity index (χ2v) is 11.7. The van der Waals surface area contributed by atoms with Gasteiger partial charge in [-0.25, -0.2) is 9.37 Å². The lowest BCUT2D eigenvalue weighted by atomic mass is 10.0. The highest BCUT2D eigenvalue weighted by molar-refractivity contribution is 7.13. The molecule has 0 radical (unpaired) electrons. The van der Waals surface area contributed by atoms with E-state index >= 15 is 4.39 Å². The van der Waals surface area contributed by atoms with Crippen LogP contribution in [0.3, 0.4) is 0 Å². The molecule has 3 aliphatic rings. The molecule has 0 spiro atoms. The van der Waals surface area contributed by atoms with E-state index in [0.29, 0.717) is 31.2 Å². The molecule has 2 aliphatic heterocycles. The van der Waals surface area contributed by atoms with Gasteiger partial charge in [0.25, 0.3) is 11.8 Å². The molecule has 1 aliphatic carbocycles. The number of carbonyl (C=O) groups excluding carboxylic acids is 2. The van der Waals surface area contributed by atoms with Crippen molar-refractivity contribution in [1.29, 1.82) is 0 Å². The van der Waals surface area contributed by atoms with Crippen molar-refractivity contribution in [2.24, 2.45) is 5.92 Å². The van der Waals surface area contributed by atoms with Gasteiger partial charge in [0.05, 0.1) is 22.5 Å². The van der Waals surface area contributed by atoms with Crippen LogP contribution in [-0.4, -0.2) is 73.2 Å². The highest BCUT2D eigenvalue weighted by Gasteiger charge is 2.39. The quantitative estimate of drug-likeness (QED) is 0.410. The van der Waals surface area contributed by atoms with Crippen molar-refractivity contribution < 1.29 is 27.2 Å². The number of likely N-dealkylation sites (N-methyl/N-ethyl adjacent to an activating group) is 1. The van der Waals surface area contributed by atoms with E-state index in [4.69, 9.17) is 0 Å². The number of benzene rings is 1. The minimum absolute atomic E-state index is 0.0350. The summed E-state index contributed by atoms with van der Waals surface area (Å²) in [5, 5.41) is 9.85. The zero-order valence-electron chi connectivity index (χ0n) is 22.9. The summed E-state index contributed by atoms with van der Waals surface area (Å²) in [5.74, 6) is -1.47. The maximum atomic E-state index is 15.7. The maximum absolute atomic E-state index is 15.7. The van der Waals surface area contributed by atoms with Crippen LogP contribution in [0.4, 0.5) is 28.9 Å². The normalized spacial score (nSPS) is 21.6. The van der Waals surface area contributed by atoms with E-state index < -0.39 is 29.0 Å². The molecule has 3 heterocycles. The van der Waals surface area contributed by atoms with E-state index in [2.05, 4.69) is 25.8 Å². The first-order chi connectivity index (χ1) is 19.4. The first-order valence-corrected chi connectivity index (χ1v) is 14.4. The van der Waals surface area contributed by atoms with Crippen molar-refractivity contribution >= 4 is 34.5 Å². The lowest BCUT2D eigenvalue weighted by molar-refractivity contribution is -0.115. The Balaban J connectivity index is 1.49. The molecule has 1 aromatic carbocycles. The number of hydrogen-bond acceptors (Lipinski definition) is 7. The summed E-state index contributed by atoms with van der Waals surface area (Å²) in [6.07, 6.45) is -0.613. The second kappa shape index (κ2) is 11.4. The standard InChI is InChI=1S/C28H32F4N6O2S/c1-15-12-38(13-16(2)37(15)3)24-9-21(29)18(27-36-23(14-41-27)26(40)34-10-17-4-5-17)8-22(24)35-25(39)19-11-33-7-6-20(19)28(30,31)32/h6,8-9,11,14-17,33H,4-5,7,10,12-13H2,1-3H3,(H,34,40)(H,35,39)/t15-,16+. The predicted molar refractivity (Wildman–Crippen MR) is 150 cm³/mol. The molecular weight excluding hydrogens is 560 g/mol. The van der Waals surface area contributed by atoms with E-state index in [-0.39, 0.29) is 46.5 Å². The summed E-state index contributed by atoms with van der Waals surface area (Å²) < 4.78 is 56.7. The summed E-state index contributed by atoms with van der Waals surface area (Å²) in [6, 6.07) is 2.86. The molecule has 8 nitrogen and oxygen atoms in total. The van der Waals surface area contributed by atoms with Crippen molar-refractivity contribution in [1.82, 2.24) is 20.5 Å². The van der Waals surface area contributed by atoms with Gasteiger partial charge in [0.15, 0.2) is 0 Å². The van der Waals surface area contributed by atoms with Gasteiger partial charge in [-0.05, 0) is 45.7 Å². The number of thiazole rings is 1. The average Bonchev–Trinajstić information content (AvgIpc) is 3.63. The van der Waals surface area contributed by atoms with Gasteiger partial charge in [0.1, 0.15) is 16.5 Å². The van der Waals surface area contributed by atoms with E-state index in [0.717, 1.165) is 36.5 Å². The number of alkyl halides is 3. The van der Waals surface area contributed by atoms with Crippen LogP contribution in [0.25, 0.3) is 10.6 Å². The zero-order chi connectivity index (χ0) is 29.5. The molecule has 41 heavy (non-hydrogen) atoms. The largest absolute Gasteiger partial charge is 0.416 e. The minimum atomic E-state index is -4.72. The predicted octanol–water partition coefficient (Wildman–Crippen LogP) is 4.53. The van der Waals surface area contributed by atoms with Crippen molar-refractivity contribution in [2.75, 3.05) is 43.4 Å². The van der Waals surface area contributed by atoms with Gasteiger partial charge in [-0.15, -0.1) is 11.3 Å². The number of rotatable bonds is 7. The Morgan fingerprint density at radius 3 is 2.51 bits per heavy atom. The Labute approximate surface area is 239 Å². The summed E-state index contributed by atoms with van der Waals surface area (Å²) in [5.41, 5.74) is -0.913. The highest BCUT2D eigenvalue weighted by Crippen LogP contribution is 2.38. The fraction of sp³-hybridized carbons (Fsp3) is 0.464. The molecule has 2 atom stereocenters. The molecule has 1 saturated carbocycles. The molecule has 2 aromatic rings. The topological polar surface area (TPSA) is 89.6 Å². The number of halogens is 4. The third kappa shape index (κ3) is 6.40. The lowest BCUT2D eigenvalue weighted by Crippen LogP contribution is -2.55. The highest BCUT2D eigenvalue weighted by atomic mass is 32.1. The SMILES string of the molecule is C[C@@H]1CN(c2cc(F)c(-c3nc(C(=O)NCC4CC4)cs3)cc2NC(=O)C2=CNCC=C2C(F)(F)F)C[C@H](C)N1C. The van der Waals surface area contributed by atoms with E-state index in [1.807, 2.05) is 25.8 Å². The molecular formula is C28H32F4N6O2S. The molecule has 0 unspecified atom stereocenters. The number of anilines is 2. The molecule has 13 heteroatoms. The Bertz CT molecular complexity index is 1390. The summed E-state index contributed by atoms with van der Waals surface area (Å²) in [4.78, 5) is 34.2. The minimum Gasteiger partial charge on any atom is -0.387 e. The van der Waals surface area contributed by atoms with Crippen LogP contribution in [0.5, 0.6) is 0 Å². The number of nitrogens with zero attached hydrogens (tertiary/aromatic N) is 3. The number of hydrogen-bond donors (Lipinski definition) is 3. The fourth-order valence-electron chi connectivity index (χ4n) is 5.00. The molecule has 220 valence electrons. The van der Waals surface area contributed by atoms with Crippen LogP contribution in [0, 0.1) is 11.7 Å². The van der Waals surface area contributed by atoms with Gasteiger partial charge < -0.3 is 20.9 Å². The summed E-state index contributed by atoms with van der Waals surface area (Å²) >= 11 is 1.07. The molecule has 0 bridgehead atoms. The Kier molecular flexibility index (Phi) is 8.11. The average molecular weight is 593 g/mol. The third-order valence-electron chi connectivity index (χ3n) is 7.76. The molecule has 2 fully saturated rings. The molecule has 2 amide bonds. The van der Waals surface area contributed by atoms with E-state index in [1.165, 1.54) is 17.5 Å². The van der Waals surface area contributed by atoms with E-state index in [9.17, 15) is 22.8 Å². The Morgan fingerprint density at radius 1 is 1.15 bits per heavy atom. The number of carbonyl (C=O) groups is 2. The number of dihydropyridines is 1. The zero-order valence-corrected chi connectivity index (χ0v) is 23.8. The smallest absolute Gasteiger partial charge is 0.387 e. The molecule has 3 N–H and O–H groups in total. The van der Waals surface area contributed by atoms with Gasteiger partial charge in [-0.2, -0.15) is 13.2 Å². The van der Waals surface area contributed by atoms with Crippen molar-refractivity contribution in [3.05, 3.63) is 52.4 Å². The van der Waals surface area contributed by atoms with Crippen LogP contribution in [0.1, 0.15) is 37.2 Å². The molecule has 5 rings (SSSR count). The number of piperazine rings is 1. The Hall–Kier alpha value is -3.45. The fourth-order valence-corrected chi connectivity index (χ4v) is 5.81. The van der Waals surface area contributed by atoms with Gasteiger partial charge in [-0.1, -0.05) is 6.08 Å².